The van der Waals surface area contributed by atoms with Gasteiger partial charge in [0.25, 0.3) is 11.5 Å². The highest BCUT2D eigenvalue weighted by Crippen LogP contribution is 2.19. The Balaban J connectivity index is 1.39. The molecular formula is C19H19FN4O3S. The van der Waals surface area contributed by atoms with Gasteiger partial charge in [-0.25, -0.2) is 9.37 Å². The molecule has 1 fully saturated rings. The second-order valence-electron chi connectivity index (χ2n) is 6.56. The second-order valence-corrected chi connectivity index (χ2v) is 7.43. The number of methoxy groups -OCH3 is 1. The number of halogens is 1. The number of thiazole rings is 1. The number of amides is 1. The van der Waals surface area contributed by atoms with E-state index in [1.54, 1.807) is 23.2 Å². The average Bonchev–Trinajstić information content (AvgIpc) is 3.17. The highest BCUT2D eigenvalue weighted by Gasteiger charge is 2.23. The van der Waals surface area contributed by atoms with E-state index in [1.165, 1.54) is 35.0 Å². The van der Waals surface area contributed by atoms with Crippen LogP contribution >= 0.6 is 11.3 Å². The molecule has 1 aliphatic rings. The molecule has 0 unspecified atom stereocenters. The van der Waals surface area contributed by atoms with Crippen molar-refractivity contribution in [2.24, 2.45) is 0 Å². The van der Waals surface area contributed by atoms with Crippen molar-refractivity contribution in [3.63, 3.8) is 0 Å². The minimum absolute atomic E-state index is 0.0865. The van der Waals surface area contributed by atoms with E-state index >= 15 is 0 Å². The van der Waals surface area contributed by atoms with Crippen molar-refractivity contribution in [1.82, 2.24) is 19.2 Å². The van der Waals surface area contributed by atoms with Crippen molar-refractivity contribution in [2.45, 2.75) is 6.54 Å². The van der Waals surface area contributed by atoms with Crippen LogP contribution in [0.15, 0.2) is 40.6 Å². The molecule has 0 atom stereocenters. The monoisotopic (exact) mass is 402 g/mol. The van der Waals surface area contributed by atoms with Gasteiger partial charge in [0, 0.05) is 55.9 Å². The van der Waals surface area contributed by atoms with Crippen LogP contribution in [0.25, 0.3) is 4.96 Å². The molecule has 3 aromatic rings. The van der Waals surface area contributed by atoms with Gasteiger partial charge in [0.1, 0.15) is 0 Å². The first-order chi connectivity index (χ1) is 13.5. The number of hydrogen-bond acceptors (Lipinski definition) is 6. The fourth-order valence-corrected chi connectivity index (χ4v) is 4.03. The first-order valence-corrected chi connectivity index (χ1v) is 9.74. The Morgan fingerprint density at radius 3 is 2.75 bits per heavy atom. The van der Waals surface area contributed by atoms with Gasteiger partial charge < -0.3 is 9.64 Å². The van der Waals surface area contributed by atoms with Gasteiger partial charge in [-0.3, -0.25) is 18.9 Å². The molecule has 2 aromatic heterocycles. The molecular weight excluding hydrogens is 383 g/mol. The Bertz CT molecular complexity index is 1070. The molecule has 1 saturated heterocycles. The van der Waals surface area contributed by atoms with Gasteiger partial charge in [0.2, 0.25) is 0 Å². The lowest BCUT2D eigenvalue weighted by Crippen LogP contribution is -2.48. The van der Waals surface area contributed by atoms with Crippen LogP contribution in [0.3, 0.4) is 0 Å². The summed E-state index contributed by atoms with van der Waals surface area (Å²) in [5, 5.41) is 1.83. The normalized spacial score (nSPS) is 15.1. The molecule has 7 nitrogen and oxygen atoms in total. The maximum atomic E-state index is 13.9. The zero-order valence-electron chi connectivity index (χ0n) is 15.3. The number of benzene rings is 1. The number of rotatable bonds is 4. The molecule has 0 aliphatic carbocycles. The number of hydrogen-bond donors (Lipinski definition) is 0. The molecule has 0 spiro atoms. The minimum Gasteiger partial charge on any atom is -0.494 e. The van der Waals surface area contributed by atoms with Crippen LogP contribution in [0.2, 0.25) is 0 Å². The molecule has 9 heteroatoms. The van der Waals surface area contributed by atoms with E-state index in [-0.39, 0.29) is 17.2 Å². The Kier molecular flexibility index (Phi) is 5.10. The van der Waals surface area contributed by atoms with Crippen molar-refractivity contribution in [1.29, 1.82) is 0 Å². The standard InChI is InChI=1S/C19H19FN4O3S/c1-27-16-3-2-13(10-15(16)20)18(26)23-6-4-22(5-7-23)12-14-11-17(25)24-8-9-28-19(24)21-14/h2-3,8-11H,4-7,12H2,1H3. The number of carbonyl (C=O) groups is 1. The first-order valence-electron chi connectivity index (χ1n) is 8.86. The average molecular weight is 402 g/mol. The van der Waals surface area contributed by atoms with E-state index in [0.717, 1.165) is 5.69 Å². The summed E-state index contributed by atoms with van der Waals surface area (Å²) >= 11 is 1.42. The Hall–Kier alpha value is -2.78. The summed E-state index contributed by atoms with van der Waals surface area (Å²) < 4.78 is 20.3. The van der Waals surface area contributed by atoms with E-state index in [9.17, 15) is 14.0 Å². The predicted octanol–water partition coefficient (Wildman–Crippen LogP) is 1.86. The lowest BCUT2D eigenvalue weighted by molar-refractivity contribution is 0.0626. The fourth-order valence-electron chi connectivity index (χ4n) is 3.29. The molecule has 3 heterocycles. The van der Waals surface area contributed by atoms with E-state index in [0.29, 0.717) is 43.2 Å². The first kappa shape index (κ1) is 18.6. The molecule has 0 bridgehead atoms. The van der Waals surface area contributed by atoms with Crippen LogP contribution in [-0.2, 0) is 6.54 Å². The molecule has 4 rings (SSSR count). The van der Waals surface area contributed by atoms with Gasteiger partial charge in [-0.15, -0.1) is 11.3 Å². The third kappa shape index (κ3) is 3.63. The van der Waals surface area contributed by atoms with Crippen LogP contribution < -0.4 is 10.3 Å². The van der Waals surface area contributed by atoms with Gasteiger partial charge in [-0.2, -0.15) is 0 Å². The highest BCUT2D eigenvalue weighted by molar-refractivity contribution is 7.15. The number of ether oxygens (including phenoxy) is 1. The Labute approximate surface area is 164 Å². The number of carbonyl (C=O) groups excluding carboxylic acids is 1. The van der Waals surface area contributed by atoms with E-state index in [4.69, 9.17) is 4.74 Å². The quantitative estimate of drug-likeness (QED) is 0.667. The SMILES string of the molecule is COc1ccc(C(=O)N2CCN(Cc3cc(=O)n4ccsc4n3)CC2)cc1F. The van der Waals surface area contributed by atoms with E-state index < -0.39 is 5.82 Å². The van der Waals surface area contributed by atoms with E-state index in [1.807, 2.05) is 5.38 Å². The molecule has 0 saturated carbocycles. The van der Waals surface area contributed by atoms with Crippen LogP contribution in [-0.4, -0.2) is 58.4 Å². The summed E-state index contributed by atoms with van der Waals surface area (Å²) in [4.78, 5) is 33.8. The zero-order valence-corrected chi connectivity index (χ0v) is 16.1. The van der Waals surface area contributed by atoms with Crippen LogP contribution in [0.4, 0.5) is 4.39 Å². The van der Waals surface area contributed by atoms with Crippen LogP contribution in [0.1, 0.15) is 16.1 Å². The number of fused-ring (bicyclic) bond motifs is 1. The van der Waals surface area contributed by atoms with Gasteiger partial charge >= 0.3 is 0 Å². The molecule has 1 amide bonds. The van der Waals surface area contributed by atoms with Crippen molar-refractivity contribution in [3.05, 3.63) is 63.3 Å². The number of piperazine rings is 1. The molecule has 1 aliphatic heterocycles. The van der Waals surface area contributed by atoms with Gasteiger partial charge in [-0.05, 0) is 18.2 Å². The van der Waals surface area contributed by atoms with Crippen molar-refractivity contribution in [3.8, 4) is 5.75 Å². The van der Waals surface area contributed by atoms with Crippen molar-refractivity contribution < 1.29 is 13.9 Å². The summed E-state index contributed by atoms with van der Waals surface area (Å²) in [6.07, 6.45) is 1.71. The maximum Gasteiger partial charge on any atom is 0.258 e. The predicted molar refractivity (Wildman–Crippen MR) is 103 cm³/mol. The Morgan fingerprint density at radius 2 is 2.04 bits per heavy atom. The second kappa shape index (κ2) is 7.69. The molecule has 0 N–H and O–H groups in total. The van der Waals surface area contributed by atoms with Crippen LogP contribution in [0, 0.1) is 5.82 Å². The lowest BCUT2D eigenvalue weighted by atomic mass is 10.1. The summed E-state index contributed by atoms with van der Waals surface area (Å²) in [6, 6.07) is 5.80. The van der Waals surface area contributed by atoms with E-state index in [2.05, 4.69) is 9.88 Å². The largest absolute Gasteiger partial charge is 0.494 e. The summed E-state index contributed by atoms with van der Waals surface area (Å²) in [5.74, 6) is -0.627. The third-order valence-electron chi connectivity index (χ3n) is 4.80. The minimum atomic E-state index is -0.548. The molecule has 0 radical (unpaired) electrons. The zero-order chi connectivity index (χ0) is 19.7. The Morgan fingerprint density at radius 1 is 1.25 bits per heavy atom. The molecule has 1 aromatic carbocycles. The lowest BCUT2D eigenvalue weighted by Gasteiger charge is -2.34. The topological polar surface area (TPSA) is 67.2 Å². The van der Waals surface area contributed by atoms with Gasteiger partial charge in [0.05, 0.1) is 12.8 Å². The molecule has 146 valence electrons. The number of nitrogens with zero attached hydrogens (tertiary/aromatic N) is 4. The third-order valence-corrected chi connectivity index (χ3v) is 5.56. The summed E-state index contributed by atoms with van der Waals surface area (Å²) in [7, 11) is 1.39. The van der Waals surface area contributed by atoms with Crippen molar-refractivity contribution in [2.75, 3.05) is 33.3 Å². The molecule has 28 heavy (non-hydrogen) atoms. The summed E-state index contributed by atoms with van der Waals surface area (Å²) in [5.41, 5.74) is 0.950. The van der Waals surface area contributed by atoms with Gasteiger partial charge in [0.15, 0.2) is 16.5 Å². The van der Waals surface area contributed by atoms with Gasteiger partial charge in [-0.1, -0.05) is 0 Å². The summed E-state index contributed by atoms with van der Waals surface area (Å²) in [6.45, 7) is 2.95. The van der Waals surface area contributed by atoms with Crippen LogP contribution in [0.5, 0.6) is 5.75 Å². The highest BCUT2D eigenvalue weighted by atomic mass is 32.1. The number of aromatic nitrogens is 2. The fraction of sp³-hybridized carbons (Fsp3) is 0.316. The van der Waals surface area contributed by atoms with Crippen molar-refractivity contribution >= 4 is 22.2 Å². The maximum absolute atomic E-state index is 13.9. The smallest absolute Gasteiger partial charge is 0.258 e.